The van der Waals surface area contributed by atoms with Crippen LogP contribution in [0.1, 0.15) is 37.9 Å². The highest BCUT2D eigenvalue weighted by molar-refractivity contribution is 5.77. The fourth-order valence-corrected chi connectivity index (χ4v) is 2.52. The Labute approximate surface area is 113 Å². The van der Waals surface area contributed by atoms with Crippen LogP contribution in [0.2, 0.25) is 0 Å². The number of aryl methyl sites for hydroxylation is 1. The number of hydrogen-bond donors (Lipinski definition) is 1. The predicted molar refractivity (Wildman–Crippen MR) is 72.1 cm³/mol. The number of hydrogen-bond acceptors (Lipinski definition) is 3. The van der Waals surface area contributed by atoms with Crippen LogP contribution in [0.15, 0.2) is 12.4 Å². The number of nitrogens with two attached hydrogens (primary N) is 1. The van der Waals surface area contributed by atoms with Crippen molar-refractivity contribution in [1.29, 1.82) is 0 Å². The summed E-state index contributed by atoms with van der Waals surface area (Å²) in [5, 5.41) is 0. The van der Waals surface area contributed by atoms with Crippen LogP contribution in [0.4, 0.5) is 0 Å². The van der Waals surface area contributed by atoms with Gasteiger partial charge in [-0.3, -0.25) is 4.79 Å². The second kappa shape index (κ2) is 4.96. The second-order valence-electron chi connectivity index (χ2n) is 5.91. The van der Waals surface area contributed by atoms with Gasteiger partial charge in [0.2, 0.25) is 5.91 Å². The molecule has 2 N–H and O–H groups in total. The lowest BCUT2D eigenvalue weighted by atomic mass is 10.1. The van der Waals surface area contributed by atoms with Crippen LogP contribution < -0.4 is 5.73 Å². The number of imidazole rings is 1. The van der Waals surface area contributed by atoms with Crippen molar-refractivity contribution >= 4 is 5.91 Å². The summed E-state index contributed by atoms with van der Waals surface area (Å²) in [4.78, 5) is 18.7. The number of aromatic nitrogens is 2. The smallest absolute Gasteiger partial charge is 0.224 e. The molecule has 2 fully saturated rings. The van der Waals surface area contributed by atoms with Crippen LogP contribution in [-0.2, 0) is 18.4 Å². The molecular formula is C14H22N4O. The molecule has 1 atom stereocenters. The van der Waals surface area contributed by atoms with E-state index in [0.717, 1.165) is 18.7 Å². The molecule has 0 spiro atoms. The van der Waals surface area contributed by atoms with Gasteiger partial charge in [0.1, 0.15) is 5.82 Å². The molecule has 1 aromatic rings. The van der Waals surface area contributed by atoms with Crippen LogP contribution in [-0.4, -0.2) is 32.4 Å². The van der Waals surface area contributed by atoms with Gasteiger partial charge in [0, 0.05) is 37.9 Å². The van der Waals surface area contributed by atoms with Crippen molar-refractivity contribution in [1.82, 2.24) is 14.5 Å². The summed E-state index contributed by atoms with van der Waals surface area (Å²) in [5.74, 6) is 1.73. The van der Waals surface area contributed by atoms with E-state index in [1.807, 2.05) is 22.7 Å². The van der Waals surface area contributed by atoms with Gasteiger partial charge in [0.15, 0.2) is 0 Å². The van der Waals surface area contributed by atoms with E-state index in [2.05, 4.69) is 4.98 Å². The summed E-state index contributed by atoms with van der Waals surface area (Å²) in [7, 11) is 1.97. The minimum Gasteiger partial charge on any atom is -0.337 e. The molecule has 1 heterocycles. The van der Waals surface area contributed by atoms with E-state index in [9.17, 15) is 4.79 Å². The van der Waals surface area contributed by atoms with Gasteiger partial charge < -0.3 is 15.2 Å². The maximum Gasteiger partial charge on any atom is 0.224 e. The Morgan fingerprint density at radius 3 is 2.79 bits per heavy atom. The molecule has 5 heteroatoms. The summed E-state index contributed by atoms with van der Waals surface area (Å²) in [6.07, 6.45) is 8.81. The molecule has 0 radical (unpaired) electrons. The van der Waals surface area contributed by atoms with Crippen LogP contribution in [0.5, 0.6) is 0 Å². The summed E-state index contributed by atoms with van der Waals surface area (Å²) in [6.45, 7) is 0.615. The lowest BCUT2D eigenvalue weighted by molar-refractivity contribution is -0.133. The highest BCUT2D eigenvalue weighted by atomic mass is 16.2. The zero-order valence-corrected chi connectivity index (χ0v) is 11.5. The average Bonchev–Trinajstić information content (AvgIpc) is 3.26. The maximum absolute atomic E-state index is 12.4. The molecule has 3 rings (SSSR count). The van der Waals surface area contributed by atoms with E-state index in [4.69, 9.17) is 5.73 Å². The van der Waals surface area contributed by atoms with Crippen molar-refractivity contribution in [3.05, 3.63) is 18.2 Å². The topological polar surface area (TPSA) is 64.2 Å². The lowest BCUT2D eigenvalue weighted by Crippen LogP contribution is -2.38. The van der Waals surface area contributed by atoms with E-state index in [-0.39, 0.29) is 11.9 Å². The van der Waals surface area contributed by atoms with E-state index >= 15 is 0 Å². The first-order chi connectivity index (χ1) is 9.15. The molecule has 5 nitrogen and oxygen atoms in total. The zero-order valence-electron chi connectivity index (χ0n) is 11.5. The highest BCUT2D eigenvalue weighted by Crippen LogP contribution is 2.34. The van der Waals surface area contributed by atoms with Crippen molar-refractivity contribution in [3.8, 4) is 0 Å². The van der Waals surface area contributed by atoms with Gasteiger partial charge in [0.05, 0.1) is 6.54 Å². The molecule has 0 aromatic carbocycles. The maximum atomic E-state index is 12.4. The predicted octanol–water partition coefficient (Wildman–Crippen LogP) is 1.04. The summed E-state index contributed by atoms with van der Waals surface area (Å²) >= 11 is 0. The minimum absolute atomic E-state index is 0.0510. The Morgan fingerprint density at radius 2 is 2.26 bits per heavy atom. The Bertz CT molecular complexity index is 462. The first kappa shape index (κ1) is 12.7. The second-order valence-corrected chi connectivity index (χ2v) is 5.91. The minimum atomic E-state index is 0.0510. The van der Waals surface area contributed by atoms with Gasteiger partial charge >= 0.3 is 0 Å². The van der Waals surface area contributed by atoms with E-state index in [1.54, 1.807) is 6.20 Å². The van der Waals surface area contributed by atoms with E-state index in [1.165, 1.54) is 12.8 Å². The first-order valence-electron chi connectivity index (χ1n) is 7.16. The quantitative estimate of drug-likeness (QED) is 0.833. The van der Waals surface area contributed by atoms with Crippen molar-refractivity contribution in [2.75, 3.05) is 0 Å². The molecule has 104 valence electrons. The molecular weight excluding hydrogens is 240 g/mol. The Kier molecular flexibility index (Phi) is 3.31. The number of amides is 1. The normalized spacial score (nSPS) is 20.3. The average molecular weight is 262 g/mol. The van der Waals surface area contributed by atoms with E-state index < -0.39 is 0 Å². The summed E-state index contributed by atoms with van der Waals surface area (Å²) in [6, 6.07) is 0.464. The largest absolute Gasteiger partial charge is 0.337 e. The molecule has 1 unspecified atom stereocenters. The number of nitrogens with zero attached hydrogens (tertiary/aromatic N) is 3. The van der Waals surface area contributed by atoms with Crippen molar-refractivity contribution in [2.24, 2.45) is 18.7 Å². The van der Waals surface area contributed by atoms with E-state index in [0.29, 0.717) is 24.9 Å². The Balaban J connectivity index is 1.63. The number of carbonyl (C=O) groups excluding carboxylic acids is 1. The molecule has 0 saturated heterocycles. The molecule has 1 amide bonds. The van der Waals surface area contributed by atoms with Crippen molar-refractivity contribution in [3.63, 3.8) is 0 Å². The van der Waals surface area contributed by atoms with Crippen molar-refractivity contribution < 1.29 is 4.79 Å². The summed E-state index contributed by atoms with van der Waals surface area (Å²) < 4.78 is 1.98. The van der Waals surface area contributed by atoms with Crippen LogP contribution in [0.25, 0.3) is 0 Å². The standard InChI is InChI=1S/C14H22N4O/c1-17-7-6-16-13(17)9-18(11-4-5-11)14(19)8-12(15)10-2-3-10/h6-7,10-12H,2-5,8-9,15H2,1H3. The fraction of sp³-hybridized carbons (Fsp3) is 0.714. The monoisotopic (exact) mass is 262 g/mol. The number of carbonyl (C=O) groups is 1. The third kappa shape index (κ3) is 2.97. The molecule has 2 aliphatic rings. The van der Waals surface area contributed by atoms with Crippen LogP contribution >= 0.6 is 0 Å². The molecule has 2 saturated carbocycles. The van der Waals surface area contributed by atoms with Crippen LogP contribution in [0.3, 0.4) is 0 Å². The molecule has 1 aromatic heterocycles. The Morgan fingerprint density at radius 1 is 1.53 bits per heavy atom. The van der Waals surface area contributed by atoms with Gasteiger partial charge in [-0.25, -0.2) is 4.98 Å². The van der Waals surface area contributed by atoms with Gasteiger partial charge in [-0.1, -0.05) is 0 Å². The molecule has 0 bridgehead atoms. The first-order valence-corrected chi connectivity index (χ1v) is 7.16. The highest BCUT2D eigenvalue weighted by Gasteiger charge is 2.36. The van der Waals surface area contributed by atoms with Gasteiger partial charge in [-0.15, -0.1) is 0 Å². The Hall–Kier alpha value is -1.36. The SMILES string of the molecule is Cn1ccnc1CN(C(=O)CC(N)C1CC1)C1CC1. The van der Waals surface area contributed by atoms with Gasteiger partial charge in [-0.2, -0.15) is 0 Å². The van der Waals surface area contributed by atoms with Gasteiger partial charge in [0.25, 0.3) is 0 Å². The lowest BCUT2D eigenvalue weighted by Gasteiger charge is -2.23. The van der Waals surface area contributed by atoms with Gasteiger partial charge in [-0.05, 0) is 31.6 Å². The zero-order chi connectivity index (χ0) is 13.4. The molecule has 2 aliphatic carbocycles. The molecule has 0 aliphatic heterocycles. The van der Waals surface area contributed by atoms with Crippen molar-refractivity contribution in [2.45, 2.75) is 50.7 Å². The van der Waals surface area contributed by atoms with Crippen LogP contribution in [0, 0.1) is 5.92 Å². The third-order valence-electron chi connectivity index (χ3n) is 4.18. The fourth-order valence-electron chi connectivity index (χ4n) is 2.52. The molecule has 19 heavy (non-hydrogen) atoms. The summed E-state index contributed by atoms with van der Waals surface area (Å²) in [5.41, 5.74) is 6.07. The number of rotatable bonds is 6. The third-order valence-corrected chi connectivity index (χ3v) is 4.18.